The number of likely N-dealkylation sites (N-methyl/N-ethyl adjacent to an activating group) is 1. The van der Waals surface area contributed by atoms with Gasteiger partial charge in [-0.2, -0.15) is 0 Å². The second-order valence-corrected chi connectivity index (χ2v) is 4.81. The maximum Gasteiger partial charge on any atom is 0.242 e. The third-order valence-electron chi connectivity index (χ3n) is 2.96. The number of hydrogen-bond acceptors (Lipinski definition) is 4. The Bertz CT molecular complexity index is 546. The molecule has 2 rings (SSSR count). The van der Waals surface area contributed by atoms with Gasteiger partial charge in [0.15, 0.2) is 0 Å². The molecule has 1 aromatic heterocycles. The van der Waals surface area contributed by atoms with Crippen LogP contribution in [0.1, 0.15) is 11.3 Å². The maximum atomic E-state index is 11.9. The highest BCUT2D eigenvalue weighted by atomic mass is 32.1. The van der Waals surface area contributed by atoms with Crippen molar-refractivity contribution in [2.45, 2.75) is 6.54 Å². The fourth-order valence-corrected chi connectivity index (χ4v) is 2.08. The van der Waals surface area contributed by atoms with Gasteiger partial charge in [0, 0.05) is 25.4 Å². The SMILES string of the molecule is CN1CC(=O)N(Cc2cccnc2C(N)=S)CC1=O. The number of pyridine rings is 1. The van der Waals surface area contributed by atoms with Crippen molar-refractivity contribution < 1.29 is 9.59 Å². The number of carbonyl (C=O) groups is 2. The van der Waals surface area contributed by atoms with Gasteiger partial charge in [0.25, 0.3) is 0 Å². The Kier molecular flexibility index (Phi) is 3.75. The second-order valence-electron chi connectivity index (χ2n) is 4.37. The second kappa shape index (κ2) is 5.31. The van der Waals surface area contributed by atoms with E-state index in [0.29, 0.717) is 12.2 Å². The van der Waals surface area contributed by atoms with Crippen LogP contribution in [0, 0.1) is 0 Å². The van der Waals surface area contributed by atoms with E-state index in [1.165, 1.54) is 9.80 Å². The van der Waals surface area contributed by atoms with Crippen molar-refractivity contribution in [2.75, 3.05) is 20.1 Å². The summed E-state index contributed by atoms with van der Waals surface area (Å²) in [6.45, 7) is 0.460. The summed E-state index contributed by atoms with van der Waals surface area (Å²) in [6, 6.07) is 3.55. The monoisotopic (exact) mass is 278 g/mol. The number of piperazine rings is 1. The Morgan fingerprint density at radius 3 is 2.84 bits per heavy atom. The Balaban J connectivity index is 2.20. The number of nitrogens with two attached hydrogens (primary N) is 1. The molecule has 7 heteroatoms. The minimum atomic E-state index is -0.0974. The molecule has 0 bridgehead atoms. The summed E-state index contributed by atoms with van der Waals surface area (Å²) in [5, 5.41) is 0. The van der Waals surface area contributed by atoms with Crippen LogP contribution in [0.2, 0.25) is 0 Å². The number of rotatable bonds is 3. The number of thiocarbonyl (C=S) groups is 1. The van der Waals surface area contributed by atoms with E-state index in [1.807, 2.05) is 0 Å². The molecule has 1 fully saturated rings. The van der Waals surface area contributed by atoms with Crippen molar-refractivity contribution in [3.8, 4) is 0 Å². The van der Waals surface area contributed by atoms with Gasteiger partial charge in [-0.15, -0.1) is 0 Å². The van der Waals surface area contributed by atoms with Crippen LogP contribution in [-0.2, 0) is 16.1 Å². The highest BCUT2D eigenvalue weighted by Gasteiger charge is 2.28. The molecular weight excluding hydrogens is 264 g/mol. The lowest BCUT2D eigenvalue weighted by molar-refractivity contribution is -0.149. The lowest BCUT2D eigenvalue weighted by Gasteiger charge is -2.31. The van der Waals surface area contributed by atoms with E-state index in [9.17, 15) is 9.59 Å². The third-order valence-corrected chi connectivity index (χ3v) is 3.16. The molecule has 0 radical (unpaired) electrons. The Labute approximate surface area is 116 Å². The molecule has 0 spiro atoms. The number of nitrogens with zero attached hydrogens (tertiary/aromatic N) is 3. The van der Waals surface area contributed by atoms with Crippen molar-refractivity contribution in [3.05, 3.63) is 29.6 Å². The van der Waals surface area contributed by atoms with Crippen LogP contribution in [0.3, 0.4) is 0 Å². The molecule has 0 saturated carbocycles. The highest BCUT2D eigenvalue weighted by Crippen LogP contribution is 2.12. The van der Waals surface area contributed by atoms with Gasteiger partial charge in [-0.1, -0.05) is 18.3 Å². The van der Waals surface area contributed by atoms with Crippen molar-refractivity contribution in [3.63, 3.8) is 0 Å². The van der Waals surface area contributed by atoms with Crippen molar-refractivity contribution in [1.82, 2.24) is 14.8 Å². The molecule has 1 aliphatic heterocycles. The standard InChI is InChI=1S/C12H14N4O2S/c1-15-6-10(18)16(7-9(15)17)5-8-3-2-4-14-11(8)12(13)19/h2-4H,5-7H2,1H3,(H2,13,19). The maximum absolute atomic E-state index is 11.9. The molecule has 0 aliphatic carbocycles. The van der Waals surface area contributed by atoms with Gasteiger partial charge in [0.05, 0.1) is 6.54 Å². The fourth-order valence-electron chi connectivity index (χ4n) is 1.90. The molecule has 100 valence electrons. The summed E-state index contributed by atoms with van der Waals surface area (Å²) < 4.78 is 0. The van der Waals surface area contributed by atoms with E-state index >= 15 is 0 Å². The molecule has 0 aromatic carbocycles. The minimum Gasteiger partial charge on any atom is -0.388 e. The Morgan fingerprint density at radius 1 is 1.42 bits per heavy atom. The molecule has 1 aliphatic rings. The molecule has 2 heterocycles. The van der Waals surface area contributed by atoms with Gasteiger partial charge in [0.1, 0.15) is 17.2 Å². The van der Waals surface area contributed by atoms with E-state index in [2.05, 4.69) is 4.98 Å². The van der Waals surface area contributed by atoms with Gasteiger partial charge in [-0.25, -0.2) is 0 Å². The molecule has 0 unspecified atom stereocenters. The van der Waals surface area contributed by atoms with Crippen LogP contribution in [0.15, 0.2) is 18.3 Å². The zero-order valence-electron chi connectivity index (χ0n) is 10.5. The van der Waals surface area contributed by atoms with E-state index < -0.39 is 0 Å². The average molecular weight is 278 g/mol. The van der Waals surface area contributed by atoms with E-state index in [-0.39, 0.29) is 29.9 Å². The molecule has 2 amide bonds. The minimum absolute atomic E-state index is 0.0704. The molecule has 1 saturated heterocycles. The molecular formula is C12H14N4O2S. The number of carbonyl (C=O) groups excluding carboxylic acids is 2. The first-order valence-corrected chi connectivity index (χ1v) is 6.15. The Morgan fingerprint density at radius 2 is 2.16 bits per heavy atom. The smallest absolute Gasteiger partial charge is 0.242 e. The van der Waals surface area contributed by atoms with E-state index in [1.54, 1.807) is 25.4 Å². The van der Waals surface area contributed by atoms with Gasteiger partial charge < -0.3 is 15.5 Å². The van der Waals surface area contributed by atoms with Gasteiger partial charge in [-0.3, -0.25) is 14.6 Å². The predicted octanol–water partition coefficient (Wildman–Crippen LogP) is -0.484. The van der Waals surface area contributed by atoms with Crippen LogP contribution in [0.25, 0.3) is 0 Å². The van der Waals surface area contributed by atoms with E-state index in [4.69, 9.17) is 18.0 Å². The van der Waals surface area contributed by atoms with Crippen molar-refractivity contribution in [2.24, 2.45) is 5.73 Å². The topological polar surface area (TPSA) is 79.5 Å². The van der Waals surface area contributed by atoms with Gasteiger partial charge >= 0.3 is 0 Å². The summed E-state index contributed by atoms with van der Waals surface area (Å²) in [6.07, 6.45) is 1.59. The summed E-state index contributed by atoms with van der Waals surface area (Å²) in [7, 11) is 1.61. The number of hydrogen-bond donors (Lipinski definition) is 1. The summed E-state index contributed by atoms with van der Waals surface area (Å²) >= 11 is 4.93. The van der Waals surface area contributed by atoms with Crippen molar-refractivity contribution in [1.29, 1.82) is 0 Å². The predicted molar refractivity (Wildman–Crippen MR) is 73.2 cm³/mol. The summed E-state index contributed by atoms with van der Waals surface area (Å²) in [5.41, 5.74) is 6.84. The van der Waals surface area contributed by atoms with Crippen LogP contribution in [-0.4, -0.2) is 51.7 Å². The molecule has 2 N–H and O–H groups in total. The van der Waals surface area contributed by atoms with Crippen LogP contribution in [0.5, 0.6) is 0 Å². The first-order valence-electron chi connectivity index (χ1n) is 5.74. The highest BCUT2D eigenvalue weighted by molar-refractivity contribution is 7.80. The fraction of sp³-hybridized carbons (Fsp3) is 0.333. The lowest BCUT2D eigenvalue weighted by Crippen LogP contribution is -2.51. The van der Waals surface area contributed by atoms with Crippen LogP contribution in [0.4, 0.5) is 0 Å². The van der Waals surface area contributed by atoms with Crippen LogP contribution >= 0.6 is 12.2 Å². The molecule has 6 nitrogen and oxygen atoms in total. The lowest BCUT2D eigenvalue weighted by atomic mass is 10.1. The Hall–Kier alpha value is -2.02. The first-order chi connectivity index (χ1) is 8.99. The zero-order chi connectivity index (χ0) is 14.0. The first kappa shape index (κ1) is 13.4. The third kappa shape index (κ3) is 2.87. The normalized spacial score (nSPS) is 15.8. The number of aromatic nitrogens is 1. The van der Waals surface area contributed by atoms with Crippen molar-refractivity contribution >= 4 is 29.0 Å². The summed E-state index contributed by atoms with van der Waals surface area (Å²) in [5.74, 6) is -0.180. The number of amides is 2. The van der Waals surface area contributed by atoms with Gasteiger partial charge in [-0.05, 0) is 6.07 Å². The quantitative estimate of drug-likeness (QED) is 0.755. The average Bonchev–Trinajstić information content (AvgIpc) is 2.36. The van der Waals surface area contributed by atoms with E-state index in [0.717, 1.165) is 5.56 Å². The zero-order valence-corrected chi connectivity index (χ0v) is 11.3. The molecule has 1 aromatic rings. The molecule has 0 atom stereocenters. The van der Waals surface area contributed by atoms with Gasteiger partial charge in [0.2, 0.25) is 11.8 Å². The molecule has 19 heavy (non-hydrogen) atoms. The summed E-state index contributed by atoms with van der Waals surface area (Å²) in [4.78, 5) is 30.7. The van der Waals surface area contributed by atoms with Crippen LogP contribution < -0.4 is 5.73 Å². The largest absolute Gasteiger partial charge is 0.388 e.